The fourth-order valence-corrected chi connectivity index (χ4v) is 5.76. The van der Waals surface area contributed by atoms with Crippen LogP contribution in [0.1, 0.15) is 132 Å². The molecule has 3 nitrogen and oxygen atoms in total. The van der Waals surface area contributed by atoms with Crippen LogP contribution in [0, 0.1) is 35.0 Å². The van der Waals surface area contributed by atoms with Gasteiger partial charge in [-0.15, -0.1) is 0 Å². The second-order valence-electron chi connectivity index (χ2n) is 12.2. The van der Waals surface area contributed by atoms with Crippen molar-refractivity contribution in [3.63, 3.8) is 0 Å². The number of esters is 1. The lowest BCUT2D eigenvalue weighted by molar-refractivity contribution is -0.151. The van der Waals surface area contributed by atoms with E-state index in [4.69, 9.17) is 4.74 Å². The molecule has 0 saturated carbocycles. The molecule has 0 aromatic rings. The summed E-state index contributed by atoms with van der Waals surface area (Å²) >= 11 is 0. The van der Waals surface area contributed by atoms with Crippen molar-refractivity contribution in [1.82, 2.24) is 0 Å². The van der Waals surface area contributed by atoms with Gasteiger partial charge in [0.25, 0.3) is 0 Å². The molecule has 1 rings (SSSR count). The fourth-order valence-electron chi connectivity index (χ4n) is 5.76. The van der Waals surface area contributed by atoms with Crippen LogP contribution in [0.3, 0.4) is 0 Å². The Morgan fingerprint density at radius 1 is 0.941 bits per heavy atom. The number of Topliss-reactive ketones (excluding diaryl/α,β-unsaturated/α-hetero) is 1. The predicted molar refractivity (Wildman–Crippen MR) is 145 cm³/mol. The van der Waals surface area contributed by atoms with E-state index >= 15 is 0 Å². The number of ketones is 1. The summed E-state index contributed by atoms with van der Waals surface area (Å²) in [7, 11) is 0. The third kappa shape index (κ3) is 11.5. The monoisotopic (exact) mass is 476 g/mol. The highest BCUT2D eigenvalue weighted by atomic mass is 16.5. The smallest absolute Gasteiger partial charge is 0.309 e. The molecule has 0 spiro atoms. The highest BCUT2D eigenvalue weighted by Crippen LogP contribution is 2.42. The summed E-state index contributed by atoms with van der Waals surface area (Å²) in [6, 6.07) is 0. The van der Waals surface area contributed by atoms with Gasteiger partial charge < -0.3 is 4.74 Å². The molecule has 0 radical (unpaired) electrons. The van der Waals surface area contributed by atoms with Crippen molar-refractivity contribution >= 4 is 11.8 Å². The Hall–Kier alpha value is -1.12. The van der Waals surface area contributed by atoms with E-state index in [0.717, 1.165) is 25.7 Å². The van der Waals surface area contributed by atoms with Crippen LogP contribution < -0.4 is 0 Å². The van der Waals surface area contributed by atoms with Gasteiger partial charge in [-0.3, -0.25) is 9.59 Å². The van der Waals surface area contributed by atoms with Crippen molar-refractivity contribution < 1.29 is 14.3 Å². The minimum absolute atomic E-state index is 0.0103. The standard InChI is InChI=1S/C31H56O3/c1-8-9-10-11-12-13-14-15-16-17-21-34-30(33)27(24(2)3)22-25(4)23-28(32)29-26(5)19-18-20-31(29,6)7/h18-19,24-27,29H,8-17,20-23H2,1-7H3. The van der Waals surface area contributed by atoms with E-state index in [-0.39, 0.29) is 41.0 Å². The molecular formula is C31H56O3. The topological polar surface area (TPSA) is 43.4 Å². The maximum atomic E-state index is 13.2. The third-order valence-corrected chi connectivity index (χ3v) is 7.85. The summed E-state index contributed by atoms with van der Waals surface area (Å²) in [5.41, 5.74) is 0.0103. The highest BCUT2D eigenvalue weighted by molar-refractivity contribution is 5.83. The molecule has 1 aliphatic carbocycles. The molecule has 0 bridgehead atoms. The van der Waals surface area contributed by atoms with E-state index in [1.54, 1.807) is 0 Å². The number of hydrogen-bond donors (Lipinski definition) is 0. The fraction of sp³-hybridized carbons (Fsp3) is 0.871. The lowest BCUT2D eigenvalue weighted by Gasteiger charge is -2.39. The number of carbonyl (C=O) groups is 2. The second kappa shape index (κ2) is 16.5. The van der Waals surface area contributed by atoms with Gasteiger partial charge in [0.1, 0.15) is 5.78 Å². The summed E-state index contributed by atoms with van der Waals surface area (Å²) in [6.45, 7) is 15.7. The lowest BCUT2D eigenvalue weighted by Crippen LogP contribution is -2.38. The quantitative estimate of drug-likeness (QED) is 0.113. The van der Waals surface area contributed by atoms with E-state index in [1.165, 1.54) is 51.4 Å². The van der Waals surface area contributed by atoms with Gasteiger partial charge in [-0.2, -0.15) is 0 Å². The Kier molecular flexibility index (Phi) is 15.0. The van der Waals surface area contributed by atoms with Crippen LogP contribution in [0.5, 0.6) is 0 Å². The Morgan fingerprint density at radius 3 is 2.03 bits per heavy atom. The number of carbonyl (C=O) groups excluding carboxylic acids is 2. The lowest BCUT2D eigenvalue weighted by atomic mass is 9.64. The molecule has 0 aliphatic heterocycles. The number of allylic oxidation sites excluding steroid dienone is 2. The first-order chi connectivity index (χ1) is 16.1. The summed E-state index contributed by atoms with van der Waals surface area (Å²) in [5, 5.41) is 0. The Balaban J connectivity index is 2.33. The van der Waals surface area contributed by atoms with Crippen molar-refractivity contribution in [2.75, 3.05) is 6.61 Å². The first kappa shape index (κ1) is 30.9. The van der Waals surface area contributed by atoms with Gasteiger partial charge in [-0.1, -0.05) is 118 Å². The van der Waals surface area contributed by atoms with E-state index in [2.05, 4.69) is 60.6 Å². The summed E-state index contributed by atoms with van der Waals surface area (Å²) in [5.74, 6) is 0.943. The maximum absolute atomic E-state index is 13.2. The first-order valence-corrected chi connectivity index (χ1v) is 14.5. The third-order valence-electron chi connectivity index (χ3n) is 7.85. The minimum atomic E-state index is -0.123. The summed E-state index contributed by atoms with van der Waals surface area (Å²) < 4.78 is 5.68. The molecule has 198 valence electrons. The molecule has 0 N–H and O–H groups in total. The maximum Gasteiger partial charge on any atom is 0.309 e. The number of rotatable bonds is 18. The molecule has 34 heavy (non-hydrogen) atoms. The van der Waals surface area contributed by atoms with Gasteiger partial charge in [-0.05, 0) is 42.4 Å². The van der Waals surface area contributed by atoms with Gasteiger partial charge in [-0.25, -0.2) is 0 Å². The van der Waals surface area contributed by atoms with E-state index < -0.39 is 0 Å². The molecule has 0 amide bonds. The normalized spacial score (nSPS) is 21.4. The molecule has 3 heteroatoms. The van der Waals surface area contributed by atoms with Crippen molar-refractivity contribution in [3.8, 4) is 0 Å². The Labute approximate surface area is 211 Å². The molecule has 4 unspecified atom stereocenters. The van der Waals surface area contributed by atoms with Crippen LogP contribution in [0.15, 0.2) is 12.2 Å². The van der Waals surface area contributed by atoms with Crippen molar-refractivity contribution in [2.24, 2.45) is 35.0 Å². The molecule has 1 aliphatic rings. The van der Waals surface area contributed by atoms with Crippen LogP contribution in [-0.4, -0.2) is 18.4 Å². The largest absolute Gasteiger partial charge is 0.465 e. The second-order valence-corrected chi connectivity index (χ2v) is 12.2. The highest BCUT2D eigenvalue weighted by Gasteiger charge is 2.39. The van der Waals surface area contributed by atoms with Gasteiger partial charge >= 0.3 is 5.97 Å². The zero-order valence-corrected chi connectivity index (χ0v) is 23.7. The summed E-state index contributed by atoms with van der Waals surface area (Å²) in [6.07, 6.45) is 19.4. The molecule has 0 saturated heterocycles. The van der Waals surface area contributed by atoms with E-state index in [9.17, 15) is 9.59 Å². The van der Waals surface area contributed by atoms with Gasteiger partial charge in [0, 0.05) is 12.3 Å². The molecule has 0 aromatic carbocycles. The predicted octanol–water partition coefficient (Wildman–Crippen LogP) is 8.95. The number of ether oxygens (including phenoxy) is 1. The zero-order chi connectivity index (χ0) is 25.6. The molecular weight excluding hydrogens is 420 g/mol. The molecule has 0 aromatic heterocycles. The summed E-state index contributed by atoms with van der Waals surface area (Å²) in [4.78, 5) is 26.0. The van der Waals surface area contributed by atoms with Crippen molar-refractivity contribution in [3.05, 3.63) is 12.2 Å². The zero-order valence-electron chi connectivity index (χ0n) is 23.7. The molecule has 4 atom stereocenters. The Bertz CT molecular complexity index is 604. The Morgan fingerprint density at radius 2 is 1.50 bits per heavy atom. The van der Waals surface area contributed by atoms with Gasteiger partial charge in [0.05, 0.1) is 12.5 Å². The first-order valence-electron chi connectivity index (χ1n) is 14.5. The van der Waals surface area contributed by atoms with Gasteiger partial charge in [0.2, 0.25) is 0 Å². The van der Waals surface area contributed by atoms with Crippen LogP contribution >= 0.6 is 0 Å². The average molecular weight is 477 g/mol. The molecule has 0 fully saturated rings. The van der Waals surface area contributed by atoms with Crippen LogP contribution in [0.25, 0.3) is 0 Å². The van der Waals surface area contributed by atoms with Crippen LogP contribution in [-0.2, 0) is 14.3 Å². The van der Waals surface area contributed by atoms with Crippen molar-refractivity contribution in [1.29, 1.82) is 0 Å². The van der Waals surface area contributed by atoms with Crippen LogP contribution in [0.4, 0.5) is 0 Å². The van der Waals surface area contributed by atoms with Crippen LogP contribution in [0.2, 0.25) is 0 Å². The van der Waals surface area contributed by atoms with E-state index in [1.807, 2.05) is 0 Å². The van der Waals surface area contributed by atoms with Gasteiger partial charge in [0.15, 0.2) is 0 Å². The number of hydrogen-bond acceptors (Lipinski definition) is 3. The average Bonchev–Trinajstić information content (AvgIpc) is 2.74. The van der Waals surface area contributed by atoms with E-state index in [0.29, 0.717) is 18.8 Å². The minimum Gasteiger partial charge on any atom is -0.465 e. The SMILES string of the molecule is CCCCCCCCCCCCOC(=O)C(CC(C)CC(=O)C1C(C)C=CCC1(C)C)C(C)C. The van der Waals surface area contributed by atoms with Crippen molar-refractivity contribution in [2.45, 2.75) is 132 Å². The number of unbranched alkanes of at least 4 members (excludes halogenated alkanes) is 9. The molecule has 0 heterocycles.